The lowest BCUT2D eigenvalue weighted by Crippen LogP contribution is -2.54. The van der Waals surface area contributed by atoms with Crippen molar-refractivity contribution in [2.45, 2.75) is 40.2 Å². The summed E-state index contributed by atoms with van der Waals surface area (Å²) in [5.74, 6) is 0.269. The molecule has 1 amide bonds. The van der Waals surface area contributed by atoms with Crippen molar-refractivity contribution < 1.29 is 4.79 Å². The Hall–Kier alpha value is -1.51. The van der Waals surface area contributed by atoms with Gasteiger partial charge in [0.25, 0.3) is 0 Å². The summed E-state index contributed by atoms with van der Waals surface area (Å²) < 4.78 is 0. The maximum atomic E-state index is 11.7. The highest BCUT2D eigenvalue weighted by Crippen LogP contribution is 2.18. The van der Waals surface area contributed by atoms with E-state index < -0.39 is 0 Å². The van der Waals surface area contributed by atoms with E-state index in [2.05, 4.69) is 36.1 Å². The van der Waals surface area contributed by atoms with E-state index in [9.17, 15) is 4.79 Å². The van der Waals surface area contributed by atoms with E-state index in [1.165, 1.54) is 5.69 Å². The van der Waals surface area contributed by atoms with Crippen LogP contribution in [-0.2, 0) is 4.79 Å². The second kappa shape index (κ2) is 7.82. The first-order valence-electron chi connectivity index (χ1n) is 7.32. The molecule has 0 saturated carbocycles. The predicted octanol–water partition coefficient (Wildman–Crippen LogP) is 3.16. The number of amides is 1. The normalized spacial score (nSPS) is 18.6. The van der Waals surface area contributed by atoms with Crippen molar-refractivity contribution >= 4 is 11.6 Å². The standard InChI is InChI=1S/C14H20N2O.C2H6/c1-3-14(17)16-10-9-15(11-12(16)2)13-7-5-4-6-8-13;1-2/h4-8,12H,3,9-11H2,1-2H3;1-2H3. The van der Waals surface area contributed by atoms with Gasteiger partial charge in [-0.25, -0.2) is 0 Å². The molecule has 1 heterocycles. The second-order valence-electron chi connectivity index (χ2n) is 4.57. The van der Waals surface area contributed by atoms with Crippen molar-refractivity contribution in [3.8, 4) is 0 Å². The topological polar surface area (TPSA) is 23.6 Å². The minimum Gasteiger partial charge on any atom is -0.368 e. The Balaban J connectivity index is 0.000000861. The maximum absolute atomic E-state index is 11.7. The molecular formula is C16H26N2O. The molecule has 0 aliphatic carbocycles. The zero-order valence-corrected chi connectivity index (χ0v) is 12.6. The smallest absolute Gasteiger partial charge is 0.222 e. The van der Waals surface area contributed by atoms with Crippen LogP contribution in [0.5, 0.6) is 0 Å². The highest BCUT2D eigenvalue weighted by Gasteiger charge is 2.26. The fourth-order valence-corrected chi connectivity index (χ4v) is 2.40. The van der Waals surface area contributed by atoms with Crippen LogP contribution in [-0.4, -0.2) is 36.5 Å². The third-order valence-electron chi connectivity index (χ3n) is 3.37. The average Bonchev–Trinajstić information content (AvgIpc) is 2.49. The summed E-state index contributed by atoms with van der Waals surface area (Å²) in [5.41, 5.74) is 1.25. The van der Waals surface area contributed by atoms with Crippen molar-refractivity contribution in [3.63, 3.8) is 0 Å². The number of hydrogen-bond acceptors (Lipinski definition) is 2. The Morgan fingerprint density at radius 3 is 2.37 bits per heavy atom. The van der Waals surface area contributed by atoms with Gasteiger partial charge >= 0.3 is 0 Å². The molecule has 19 heavy (non-hydrogen) atoms. The summed E-state index contributed by atoms with van der Waals surface area (Å²) in [6.45, 7) is 10.7. The number of nitrogens with zero attached hydrogens (tertiary/aromatic N) is 2. The largest absolute Gasteiger partial charge is 0.368 e. The predicted molar refractivity (Wildman–Crippen MR) is 81.5 cm³/mol. The molecule has 3 nitrogen and oxygen atoms in total. The minimum atomic E-state index is 0.269. The average molecular weight is 262 g/mol. The lowest BCUT2D eigenvalue weighted by Gasteiger charge is -2.41. The van der Waals surface area contributed by atoms with Gasteiger partial charge in [-0.05, 0) is 19.1 Å². The number of hydrogen-bond donors (Lipinski definition) is 0. The molecule has 0 radical (unpaired) electrons. The lowest BCUT2D eigenvalue weighted by atomic mass is 10.1. The van der Waals surface area contributed by atoms with E-state index in [0.717, 1.165) is 19.6 Å². The van der Waals surface area contributed by atoms with E-state index >= 15 is 0 Å². The van der Waals surface area contributed by atoms with Crippen LogP contribution in [0.15, 0.2) is 30.3 Å². The summed E-state index contributed by atoms with van der Waals surface area (Å²) in [6.07, 6.45) is 0.607. The van der Waals surface area contributed by atoms with Gasteiger partial charge in [-0.2, -0.15) is 0 Å². The Bertz CT molecular complexity index is 378. The highest BCUT2D eigenvalue weighted by molar-refractivity contribution is 5.76. The molecule has 1 saturated heterocycles. The fourth-order valence-electron chi connectivity index (χ4n) is 2.40. The Morgan fingerprint density at radius 1 is 1.21 bits per heavy atom. The molecule has 0 bridgehead atoms. The molecule has 1 fully saturated rings. The molecule has 1 aliphatic heterocycles. The monoisotopic (exact) mass is 262 g/mol. The van der Waals surface area contributed by atoms with Gasteiger partial charge in [0.1, 0.15) is 0 Å². The summed E-state index contributed by atoms with van der Waals surface area (Å²) >= 11 is 0. The molecule has 0 N–H and O–H groups in total. The van der Waals surface area contributed by atoms with Gasteiger partial charge in [0, 0.05) is 37.8 Å². The molecule has 1 atom stereocenters. The van der Waals surface area contributed by atoms with Crippen LogP contribution in [0.3, 0.4) is 0 Å². The van der Waals surface area contributed by atoms with Crippen LogP contribution in [0.4, 0.5) is 5.69 Å². The molecule has 3 heteroatoms. The van der Waals surface area contributed by atoms with Crippen LogP contribution in [0.1, 0.15) is 34.1 Å². The van der Waals surface area contributed by atoms with E-state index in [1.54, 1.807) is 0 Å². The molecule has 1 aromatic rings. The van der Waals surface area contributed by atoms with Crippen LogP contribution >= 0.6 is 0 Å². The van der Waals surface area contributed by atoms with Gasteiger partial charge in [0.15, 0.2) is 0 Å². The van der Waals surface area contributed by atoms with Gasteiger partial charge < -0.3 is 9.80 Å². The number of benzene rings is 1. The Morgan fingerprint density at radius 2 is 1.84 bits per heavy atom. The van der Waals surface area contributed by atoms with Gasteiger partial charge in [0.2, 0.25) is 5.91 Å². The van der Waals surface area contributed by atoms with Gasteiger partial charge in [-0.3, -0.25) is 4.79 Å². The zero-order valence-electron chi connectivity index (χ0n) is 12.6. The van der Waals surface area contributed by atoms with Crippen LogP contribution in [0.2, 0.25) is 0 Å². The number of anilines is 1. The van der Waals surface area contributed by atoms with Crippen molar-refractivity contribution in [3.05, 3.63) is 30.3 Å². The van der Waals surface area contributed by atoms with Crippen molar-refractivity contribution in [1.82, 2.24) is 4.90 Å². The summed E-state index contributed by atoms with van der Waals surface area (Å²) in [6, 6.07) is 10.7. The Labute approximate surface area is 117 Å². The number of carbonyl (C=O) groups is 1. The molecule has 2 rings (SSSR count). The number of para-hydroxylation sites is 1. The zero-order chi connectivity index (χ0) is 14.3. The number of piperazine rings is 1. The molecular weight excluding hydrogens is 236 g/mol. The minimum absolute atomic E-state index is 0.269. The van der Waals surface area contributed by atoms with Crippen molar-refractivity contribution in [2.24, 2.45) is 0 Å². The third kappa shape index (κ3) is 3.98. The maximum Gasteiger partial charge on any atom is 0.222 e. The van der Waals surface area contributed by atoms with Crippen molar-refractivity contribution in [2.75, 3.05) is 24.5 Å². The Kier molecular flexibility index (Phi) is 6.40. The summed E-state index contributed by atoms with van der Waals surface area (Å²) in [4.78, 5) is 16.1. The van der Waals surface area contributed by atoms with E-state index in [-0.39, 0.29) is 5.91 Å². The van der Waals surface area contributed by atoms with Crippen LogP contribution in [0, 0.1) is 0 Å². The molecule has 1 aromatic carbocycles. The fraction of sp³-hybridized carbons (Fsp3) is 0.562. The van der Waals surface area contributed by atoms with E-state index in [1.807, 2.05) is 31.7 Å². The summed E-state index contributed by atoms with van der Waals surface area (Å²) in [7, 11) is 0. The molecule has 0 aromatic heterocycles. The first-order valence-corrected chi connectivity index (χ1v) is 7.32. The van der Waals surface area contributed by atoms with Gasteiger partial charge in [0.05, 0.1) is 0 Å². The lowest BCUT2D eigenvalue weighted by molar-refractivity contribution is -0.133. The molecule has 0 spiro atoms. The molecule has 106 valence electrons. The number of carbonyl (C=O) groups excluding carboxylic acids is 1. The summed E-state index contributed by atoms with van der Waals surface area (Å²) in [5, 5.41) is 0. The highest BCUT2D eigenvalue weighted by atomic mass is 16.2. The van der Waals surface area contributed by atoms with Gasteiger partial charge in [-0.15, -0.1) is 0 Å². The first kappa shape index (κ1) is 15.5. The van der Waals surface area contributed by atoms with Gasteiger partial charge in [-0.1, -0.05) is 39.0 Å². The van der Waals surface area contributed by atoms with Crippen LogP contribution in [0.25, 0.3) is 0 Å². The van der Waals surface area contributed by atoms with Crippen molar-refractivity contribution in [1.29, 1.82) is 0 Å². The van der Waals surface area contributed by atoms with Crippen LogP contribution < -0.4 is 4.90 Å². The van der Waals surface area contributed by atoms with E-state index in [0.29, 0.717) is 12.5 Å². The van der Waals surface area contributed by atoms with E-state index in [4.69, 9.17) is 0 Å². The SMILES string of the molecule is CC.CCC(=O)N1CCN(c2ccccc2)CC1C. The quantitative estimate of drug-likeness (QED) is 0.817. The first-order chi connectivity index (χ1) is 9.22. The third-order valence-corrected chi connectivity index (χ3v) is 3.37. The number of rotatable bonds is 2. The second-order valence-corrected chi connectivity index (χ2v) is 4.57. The molecule has 1 aliphatic rings. The molecule has 1 unspecified atom stereocenters.